The predicted octanol–water partition coefficient (Wildman–Crippen LogP) is -3.07. The molecule has 1 rings (SSSR count). The number of halogens is 2. The van der Waals surface area contributed by atoms with Crippen molar-refractivity contribution in [2.75, 3.05) is 0 Å². The third kappa shape index (κ3) is 54.0. The normalized spacial score (nSPS) is 6.57. The monoisotopic (exact) mass is 372 g/mol. The first kappa shape index (κ1) is 61.9. The number of hydrogen-bond donors (Lipinski definition) is 0. The molecule has 0 N–H and O–H groups in total. The van der Waals surface area contributed by atoms with E-state index >= 15 is 0 Å². The zero-order valence-electron chi connectivity index (χ0n) is 9.14. The molecule has 1 radical (unpaired) electrons. The summed E-state index contributed by atoms with van der Waals surface area (Å²) in [5, 5.41) is 0. The Morgan fingerprint density at radius 1 is 1.00 bits per heavy atom. The largest absolute Gasteiger partial charge is 2.00 e. The maximum absolute atomic E-state index is 8.00. The quantitative estimate of drug-likeness (QED) is 0.412. The van der Waals surface area contributed by atoms with Crippen molar-refractivity contribution in [2.24, 2.45) is 0 Å². The molecule has 0 aromatic rings. The molecule has 0 aromatic heterocycles. The second-order valence-electron chi connectivity index (χ2n) is 1.00. The van der Waals surface area contributed by atoms with Crippen molar-refractivity contribution < 1.29 is 55.5 Å². The third-order valence-corrected chi connectivity index (χ3v) is 0.586. The predicted molar refractivity (Wildman–Crippen MR) is 54.3 cm³/mol. The van der Waals surface area contributed by atoms with Crippen molar-refractivity contribution in [3.05, 3.63) is 54.0 Å². The molecule has 4 heteroatoms. The summed E-state index contributed by atoms with van der Waals surface area (Å²) in [6.45, 7) is 2.00. The Morgan fingerprint density at radius 3 is 1.43 bits per heavy atom. The van der Waals surface area contributed by atoms with Gasteiger partial charge in [-0.05, 0) is 0 Å². The van der Waals surface area contributed by atoms with Gasteiger partial charge in [-0.3, -0.25) is 6.08 Å². The Kier molecular flexibility index (Phi) is 304. The molecule has 0 heterocycles. The Balaban J connectivity index is -0.00000000639. The van der Waals surface area contributed by atoms with Crippen LogP contribution in [0, 0.1) is 35.8 Å². The van der Waals surface area contributed by atoms with Crippen LogP contribution < -0.4 is 34.0 Å². The first-order chi connectivity index (χ1) is 3.50. The van der Waals surface area contributed by atoms with E-state index in [2.05, 4.69) is 12.2 Å². The van der Waals surface area contributed by atoms with Crippen LogP contribution in [0.15, 0.2) is 18.2 Å². The molecule has 93 valence electrons. The summed E-state index contributed by atoms with van der Waals surface area (Å²) >= 11 is 0. The van der Waals surface area contributed by atoms with Gasteiger partial charge >= 0.3 is 16.8 Å². The van der Waals surface area contributed by atoms with Gasteiger partial charge in [-0.1, -0.05) is 0 Å². The minimum absolute atomic E-state index is 0. The van der Waals surface area contributed by atoms with E-state index in [0.29, 0.717) is 0 Å². The van der Waals surface area contributed by atoms with Crippen LogP contribution in [0.1, 0.15) is 6.42 Å². The van der Waals surface area contributed by atoms with E-state index in [1.165, 1.54) is 0 Å². The van der Waals surface area contributed by atoms with Crippen LogP contribution in [-0.4, -0.2) is 6.79 Å². The van der Waals surface area contributed by atoms with Gasteiger partial charge in [-0.2, -0.15) is 6.08 Å². The van der Waals surface area contributed by atoms with Gasteiger partial charge in [0.25, 0.3) is 0 Å². The molecule has 0 saturated carbocycles. The molecular weight excluding hydrogens is 355 g/mol. The van der Waals surface area contributed by atoms with E-state index < -0.39 is 0 Å². The fraction of sp³-hybridized carbons (Fsp3) is 0.100. The molecule has 0 aromatic carbocycles. The summed E-state index contributed by atoms with van der Waals surface area (Å²) in [6.07, 6.45) is 10.0. The summed E-state index contributed by atoms with van der Waals surface area (Å²) in [5.74, 6) is 0. The molecule has 0 saturated heterocycles. The maximum Gasteiger partial charge on any atom is 2.00 e. The summed E-state index contributed by atoms with van der Waals surface area (Å²) in [5.41, 5.74) is 0. The van der Waals surface area contributed by atoms with Crippen molar-refractivity contribution in [1.29, 1.82) is 0 Å². The van der Waals surface area contributed by atoms with Crippen LogP contribution in [0.25, 0.3) is 0 Å². The number of carbonyl (C=O) groups excluding carboxylic acids is 1. The van der Waals surface area contributed by atoms with Crippen LogP contribution in [-0.2, 0) is 21.6 Å². The Morgan fingerprint density at radius 2 is 1.36 bits per heavy atom. The van der Waals surface area contributed by atoms with Crippen molar-refractivity contribution in [2.45, 2.75) is 6.42 Å². The number of carbonyl (C=O) groups is 1. The van der Waals surface area contributed by atoms with Gasteiger partial charge in [-0.25, -0.2) is 12.2 Å². The molecule has 0 bridgehead atoms. The van der Waals surface area contributed by atoms with Crippen molar-refractivity contribution in [3.8, 4) is 0 Å². The van der Waals surface area contributed by atoms with Crippen LogP contribution in [0.3, 0.4) is 0 Å². The van der Waals surface area contributed by atoms with Crippen LogP contribution in [0.5, 0.6) is 0 Å². The second kappa shape index (κ2) is 68.7. The van der Waals surface area contributed by atoms with Crippen LogP contribution in [0.4, 0.5) is 0 Å². The zero-order chi connectivity index (χ0) is 5.54. The molecule has 14 heavy (non-hydrogen) atoms. The van der Waals surface area contributed by atoms with Gasteiger partial charge in [0.05, 0.1) is 0 Å². The molecule has 1 aliphatic rings. The molecule has 1 aliphatic carbocycles. The SMILES string of the molecule is C=O.[Br-].[Br-].[C-]1=CC=CC1.[CH3-].[CH3-].[CH3-].[CH3-].[Co+2]. The van der Waals surface area contributed by atoms with Gasteiger partial charge in [0.15, 0.2) is 0 Å². The standard InChI is InChI=1S/C5H5.CH2O.4CH3.2BrH.Co/c1-2-4-5-3-1;1-2;;;;;;;/h1-3H,4H2;1H2;4*1H3;2*1H;/q-1;;4*-1;;;+2/p-2. The van der Waals surface area contributed by atoms with E-state index in [-0.39, 0.29) is 80.4 Å². The minimum atomic E-state index is 0. The van der Waals surface area contributed by atoms with Gasteiger partial charge in [-0.15, -0.1) is 6.42 Å². The Hall–Kier alpha value is 0.616. The van der Waals surface area contributed by atoms with E-state index in [0.717, 1.165) is 6.42 Å². The van der Waals surface area contributed by atoms with Gasteiger partial charge in [0.1, 0.15) is 6.79 Å². The van der Waals surface area contributed by atoms with Crippen molar-refractivity contribution in [3.63, 3.8) is 0 Å². The average Bonchev–Trinajstić information content (AvgIpc) is 2.23. The molecule has 0 spiro atoms. The molecule has 0 aliphatic heterocycles. The number of allylic oxidation sites excluding steroid dienone is 4. The van der Waals surface area contributed by atoms with Gasteiger partial charge in [0, 0.05) is 0 Å². The van der Waals surface area contributed by atoms with Crippen molar-refractivity contribution >= 4 is 6.79 Å². The minimum Gasteiger partial charge on any atom is -1.00 e. The molecule has 0 amide bonds. The van der Waals surface area contributed by atoms with E-state index in [1.807, 2.05) is 18.9 Å². The molecule has 0 unspecified atom stereocenters. The Bertz CT molecular complexity index is 86.1. The van der Waals surface area contributed by atoms with Gasteiger partial charge in [0.2, 0.25) is 0 Å². The fourth-order valence-electron chi connectivity index (χ4n) is 0.340. The van der Waals surface area contributed by atoms with Crippen LogP contribution in [0.2, 0.25) is 0 Å². The summed E-state index contributed by atoms with van der Waals surface area (Å²) < 4.78 is 0. The molecule has 0 atom stereocenters. The Labute approximate surface area is 122 Å². The van der Waals surface area contributed by atoms with Crippen LogP contribution >= 0.6 is 0 Å². The topological polar surface area (TPSA) is 17.1 Å². The smallest absolute Gasteiger partial charge is 1.00 e. The summed E-state index contributed by atoms with van der Waals surface area (Å²) in [6, 6.07) is 0. The van der Waals surface area contributed by atoms with Crippen molar-refractivity contribution in [1.82, 2.24) is 0 Å². The molecule has 1 nitrogen and oxygen atoms in total. The molecular formula is C10H19Br2CoO-5. The molecule has 0 fully saturated rings. The third-order valence-electron chi connectivity index (χ3n) is 0.586. The zero-order valence-corrected chi connectivity index (χ0v) is 13.4. The summed E-state index contributed by atoms with van der Waals surface area (Å²) in [7, 11) is 0. The number of hydrogen-bond acceptors (Lipinski definition) is 1. The maximum atomic E-state index is 8.00. The first-order valence-electron chi connectivity index (χ1n) is 2.01. The summed E-state index contributed by atoms with van der Waals surface area (Å²) in [4.78, 5) is 8.00. The fourth-order valence-corrected chi connectivity index (χ4v) is 0.340. The van der Waals surface area contributed by atoms with E-state index in [9.17, 15) is 0 Å². The van der Waals surface area contributed by atoms with E-state index in [1.54, 1.807) is 0 Å². The van der Waals surface area contributed by atoms with Gasteiger partial charge < -0.3 is 68.5 Å². The average molecular weight is 374 g/mol. The second-order valence-corrected chi connectivity index (χ2v) is 1.00. The first-order valence-corrected chi connectivity index (χ1v) is 2.01. The van der Waals surface area contributed by atoms with E-state index in [4.69, 9.17) is 4.79 Å². The number of rotatable bonds is 0.